The lowest BCUT2D eigenvalue weighted by atomic mass is 9.96. The first-order chi connectivity index (χ1) is 4.52. The molecular weight excluding hydrogens is 142 g/mol. The maximum Gasteiger partial charge on any atom is 0.0730 e. The van der Waals surface area contributed by atoms with Crippen molar-refractivity contribution < 1.29 is 0 Å². The molecule has 10 heavy (non-hydrogen) atoms. The Morgan fingerprint density at radius 3 is 2.20 bits per heavy atom. The van der Waals surface area contributed by atoms with Crippen LogP contribution >= 0.6 is 12.2 Å². The van der Waals surface area contributed by atoms with Crippen molar-refractivity contribution in [1.82, 2.24) is 0 Å². The van der Waals surface area contributed by atoms with Crippen molar-refractivity contribution in [1.29, 1.82) is 0 Å². The van der Waals surface area contributed by atoms with Crippen molar-refractivity contribution in [3.05, 3.63) is 0 Å². The summed E-state index contributed by atoms with van der Waals surface area (Å²) in [6.07, 6.45) is 2.12. The molecule has 0 aliphatic carbocycles. The molecule has 0 amide bonds. The standard InChI is InChI=1S/C8H17NS/c1-6(2)4-7(3)5-8(9)10/h6-7H,4-5H2,1-3H3,(H2,9,10). The van der Waals surface area contributed by atoms with Crippen molar-refractivity contribution in [3.63, 3.8) is 0 Å². The second-order valence-corrected chi connectivity index (χ2v) is 3.93. The molecule has 0 rings (SSSR count). The Bertz CT molecular complexity index is 110. The average molecular weight is 159 g/mol. The van der Waals surface area contributed by atoms with Crippen LogP contribution in [0.5, 0.6) is 0 Å². The van der Waals surface area contributed by atoms with Gasteiger partial charge in [0.05, 0.1) is 4.99 Å². The van der Waals surface area contributed by atoms with E-state index in [4.69, 9.17) is 18.0 Å². The minimum absolute atomic E-state index is 0.646. The molecule has 2 N–H and O–H groups in total. The molecule has 0 aliphatic heterocycles. The van der Waals surface area contributed by atoms with Gasteiger partial charge in [0.25, 0.3) is 0 Å². The average Bonchev–Trinajstić information content (AvgIpc) is 1.58. The van der Waals surface area contributed by atoms with Gasteiger partial charge in [0.1, 0.15) is 0 Å². The third-order valence-electron chi connectivity index (χ3n) is 1.42. The molecule has 0 saturated heterocycles. The van der Waals surface area contributed by atoms with Crippen LogP contribution in [-0.4, -0.2) is 4.99 Å². The SMILES string of the molecule is CC(C)CC(C)CC(N)=S. The predicted molar refractivity (Wildman–Crippen MR) is 50.0 cm³/mol. The fourth-order valence-corrected chi connectivity index (χ4v) is 1.52. The molecule has 0 aromatic rings. The number of hydrogen-bond acceptors (Lipinski definition) is 1. The molecule has 0 spiro atoms. The van der Waals surface area contributed by atoms with Crippen LogP contribution in [0.4, 0.5) is 0 Å². The molecule has 0 radical (unpaired) electrons. The summed E-state index contributed by atoms with van der Waals surface area (Å²) in [4.78, 5) is 0.646. The lowest BCUT2D eigenvalue weighted by Gasteiger charge is -2.11. The van der Waals surface area contributed by atoms with E-state index in [1.165, 1.54) is 6.42 Å². The van der Waals surface area contributed by atoms with Gasteiger partial charge >= 0.3 is 0 Å². The zero-order chi connectivity index (χ0) is 8.15. The van der Waals surface area contributed by atoms with Crippen LogP contribution in [0, 0.1) is 11.8 Å². The normalized spacial score (nSPS) is 13.6. The van der Waals surface area contributed by atoms with E-state index in [1.54, 1.807) is 0 Å². The smallest absolute Gasteiger partial charge is 0.0730 e. The second-order valence-electron chi connectivity index (χ2n) is 3.41. The zero-order valence-electron chi connectivity index (χ0n) is 7.05. The molecule has 0 fully saturated rings. The molecule has 0 heterocycles. The van der Waals surface area contributed by atoms with Crippen LogP contribution in [0.15, 0.2) is 0 Å². The minimum Gasteiger partial charge on any atom is -0.393 e. The van der Waals surface area contributed by atoms with Crippen LogP contribution in [0.1, 0.15) is 33.6 Å². The topological polar surface area (TPSA) is 26.0 Å². The highest BCUT2D eigenvalue weighted by atomic mass is 32.1. The molecule has 0 saturated carbocycles. The van der Waals surface area contributed by atoms with Crippen molar-refractivity contribution in [2.24, 2.45) is 17.6 Å². The first kappa shape index (κ1) is 9.89. The van der Waals surface area contributed by atoms with E-state index >= 15 is 0 Å². The molecule has 0 bridgehead atoms. The molecule has 0 aliphatic rings. The summed E-state index contributed by atoms with van der Waals surface area (Å²) in [7, 11) is 0. The number of hydrogen-bond donors (Lipinski definition) is 1. The van der Waals surface area contributed by atoms with E-state index in [9.17, 15) is 0 Å². The summed E-state index contributed by atoms with van der Waals surface area (Å²) in [5.41, 5.74) is 5.40. The molecule has 1 unspecified atom stereocenters. The van der Waals surface area contributed by atoms with Gasteiger partial charge in [-0.3, -0.25) is 0 Å². The van der Waals surface area contributed by atoms with Crippen molar-refractivity contribution in [2.45, 2.75) is 33.6 Å². The van der Waals surface area contributed by atoms with Gasteiger partial charge in [-0.1, -0.05) is 33.0 Å². The summed E-state index contributed by atoms with van der Waals surface area (Å²) in [6, 6.07) is 0. The Kier molecular flexibility index (Phi) is 4.62. The highest BCUT2D eigenvalue weighted by Crippen LogP contribution is 2.13. The lowest BCUT2D eigenvalue weighted by Crippen LogP contribution is -2.13. The quantitative estimate of drug-likeness (QED) is 0.637. The number of rotatable bonds is 4. The Balaban J connectivity index is 3.43. The summed E-state index contributed by atoms with van der Waals surface area (Å²) >= 11 is 4.80. The van der Waals surface area contributed by atoms with E-state index in [-0.39, 0.29) is 0 Å². The van der Waals surface area contributed by atoms with Crippen LogP contribution in [0.3, 0.4) is 0 Å². The minimum atomic E-state index is 0.646. The van der Waals surface area contributed by atoms with E-state index in [0.717, 1.165) is 12.3 Å². The first-order valence-electron chi connectivity index (χ1n) is 3.80. The summed E-state index contributed by atoms with van der Waals surface area (Å²) in [6.45, 7) is 6.63. The van der Waals surface area contributed by atoms with Crippen molar-refractivity contribution in [2.75, 3.05) is 0 Å². The van der Waals surface area contributed by atoms with Crippen molar-refractivity contribution >= 4 is 17.2 Å². The van der Waals surface area contributed by atoms with Crippen LogP contribution in [0.25, 0.3) is 0 Å². The molecule has 1 atom stereocenters. The van der Waals surface area contributed by atoms with Gasteiger partial charge < -0.3 is 5.73 Å². The van der Waals surface area contributed by atoms with Gasteiger partial charge in [-0.25, -0.2) is 0 Å². The third kappa shape index (κ3) is 6.02. The van der Waals surface area contributed by atoms with Gasteiger partial charge in [0.2, 0.25) is 0 Å². The Labute approximate surface area is 69.0 Å². The maximum absolute atomic E-state index is 5.40. The van der Waals surface area contributed by atoms with Crippen LogP contribution in [-0.2, 0) is 0 Å². The van der Waals surface area contributed by atoms with Gasteiger partial charge in [0, 0.05) is 6.42 Å². The molecule has 1 nitrogen and oxygen atoms in total. The van der Waals surface area contributed by atoms with Crippen LogP contribution in [0.2, 0.25) is 0 Å². The number of nitrogens with two attached hydrogens (primary N) is 1. The molecule has 2 heteroatoms. The number of thiocarbonyl (C=S) groups is 1. The van der Waals surface area contributed by atoms with E-state index < -0.39 is 0 Å². The molecular formula is C8H17NS. The summed E-state index contributed by atoms with van der Waals surface area (Å²) < 4.78 is 0. The highest BCUT2D eigenvalue weighted by molar-refractivity contribution is 7.80. The van der Waals surface area contributed by atoms with Gasteiger partial charge in [-0.15, -0.1) is 0 Å². The first-order valence-corrected chi connectivity index (χ1v) is 4.21. The highest BCUT2D eigenvalue weighted by Gasteiger charge is 2.05. The molecule has 0 aromatic heterocycles. The van der Waals surface area contributed by atoms with E-state index in [2.05, 4.69) is 20.8 Å². The Morgan fingerprint density at radius 2 is 1.90 bits per heavy atom. The van der Waals surface area contributed by atoms with Gasteiger partial charge in [-0.2, -0.15) is 0 Å². The zero-order valence-corrected chi connectivity index (χ0v) is 7.87. The van der Waals surface area contributed by atoms with Gasteiger partial charge in [-0.05, 0) is 18.3 Å². The molecule has 60 valence electrons. The summed E-state index contributed by atoms with van der Waals surface area (Å²) in [5.74, 6) is 1.40. The van der Waals surface area contributed by atoms with Gasteiger partial charge in [0.15, 0.2) is 0 Å². The predicted octanol–water partition coefficient (Wildman–Crippen LogP) is 2.34. The summed E-state index contributed by atoms with van der Waals surface area (Å²) in [5, 5.41) is 0. The largest absolute Gasteiger partial charge is 0.393 e. The van der Waals surface area contributed by atoms with E-state index in [1.807, 2.05) is 0 Å². The van der Waals surface area contributed by atoms with E-state index in [0.29, 0.717) is 10.9 Å². The fraction of sp³-hybridized carbons (Fsp3) is 0.875. The second kappa shape index (κ2) is 4.67. The molecule has 0 aromatic carbocycles. The third-order valence-corrected chi connectivity index (χ3v) is 1.59. The monoisotopic (exact) mass is 159 g/mol. The fourth-order valence-electron chi connectivity index (χ4n) is 1.23. The Hall–Kier alpha value is -0.110. The lowest BCUT2D eigenvalue weighted by molar-refractivity contribution is 0.451. The van der Waals surface area contributed by atoms with Crippen molar-refractivity contribution in [3.8, 4) is 0 Å². The maximum atomic E-state index is 5.40. The Morgan fingerprint density at radius 1 is 1.40 bits per heavy atom. The van der Waals surface area contributed by atoms with Crippen LogP contribution < -0.4 is 5.73 Å².